The van der Waals surface area contributed by atoms with E-state index in [1.165, 1.54) is 43.7 Å². The largest absolute Gasteiger partial charge is 0.343 e. The third kappa shape index (κ3) is 9.57. The molecular formula is C59H52B2N2. The van der Waals surface area contributed by atoms with Gasteiger partial charge in [-0.1, -0.05) is 255 Å². The summed E-state index contributed by atoms with van der Waals surface area (Å²) in [5, 5.41) is 0. The SMILES string of the molecule is c1cc[n+](C[n+]2ccccc2)cc1.c1ccc([B-](c2ccccc2)(c2ccccc2)c2ccccc2)cc1.c1ccc([B-](c2ccccc2)(c2ccccc2)c2ccccc2)cc1. The molecule has 0 saturated heterocycles. The Morgan fingerprint density at radius 1 is 0.190 bits per heavy atom. The number of benzene rings is 8. The molecule has 0 bridgehead atoms. The number of aromatic nitrogens is 2. The summed E-state index contributed by atoms with van der Waals surface area (Å²) in [5.74, 6) is 0. The van der Waals surface area contributed by atoms with Gasteiger partial charge >= 0.3 is 6.67 Å². The first-order chi connectivity index (χ1) is 31.3. The summed E-state index contributed by atoms with van der Waals surface area (Å²) in [6.07, 6.45) is 5.79. The van der Waals surface area contributed by atoms with Crippen molar-refractivity contribution in [3.05, 3.63) is 304 Å². The lowest BCUT2D eigenvalue weighted by Crippen LogP contribution is -2.74. The fourth-order valence-corrected chi connectivity index (χ4v) is 9.49. The van der Waals surface area contributed by atoms with E-state index in [0.717, 1.165) is 6.67 Å². The summed E-state index contributed by atoms with van der Waals surface area (Å²) in [5.41, 5.74) is 10.7. The Kier molecular flexibility index (Phi) is 14.1. The number of pyridine rings is 2. The lowest BCUT2D eigenvalue weighted by molar-refractivity contribution is -0.913. The van der Waals surface area contributed by atoms with E-state index in [4.69, 9.17) is 0 Å². The van der Waals surface area contributed by atoms with Gasteiger partial charge in [0.05, 0.1) is 0 Å². The molecule has 0 spiro atoms. The van der Waals surface area contributed by atoms with Gasteiger partial charge in [0, 0.05) is 24.3 Å². The van der Waals surface area contributed by atoms with E-state index in [2.05, 4.69) is 277 Å². The van der Waals surface area contributed by atoms with Gasteiger partial charge in [-0.2, -0.15) is 43.7 Å². The van der Waals surface area contributed by atoms with Gasteiger partial charge in [0.25, 0.3) is 0 Å². The molecule has 0 saturated carbocycles. The van der Waals surface area contributed by atoms with Crippen molar-refractivity contribution in [2.45, 2.75) is 6.67 Å². The monoisotopic (exact) mass is 810 g/mol. The van der Waals surface area contributed by atoms with Crippen molar-refractivity contribution < 1.29 is 9.13 Å². The zero-order chi connectivity index (χ0) is 42.8. The van der Waals surface area contributed by atoms with Gasteiger partial charge in [0.2, 0.25) is 0 Å². The maximum Gasteiger partial charge on any atom is 0.343 e. The molecule has 0 aliphatic rings. The third-order valence-corrected chi connectivity index (χ3v) is 12.3. The van der Waals surface area contributed by atoms with Crippen LogP contribution in [0.5, 0.6) is 0 Å². The van der Waals surface area contributed by atoms with Crippen LogP contribution in [0.25, 0.3) is 0 Å². The van der Waals surface area contributed by atoms with E-state index < -0.39 is 12.3 Å². The van der Waals surface area contributed by atoms with E-state index in [1.807, 2.05) is 36.4 Å². The van der Waals surface area contributed by atoms with E-state index in [9.17, 15) is 0 Å². The van der Waals surface area contributed by atoms with Crippen LogP contribution in [0.15, 0.2) is 304 Å². The molecule has 0 amide bonds. The number of hydrogen-bond acceptors (Lipinski definition) is 0. The molecule has 4 heteroatoms. The van der Waals surface area contributed by atoms with Crippen LogP contribution in [0.2, 0.25) is 0 Å². The van der Waals surface area contributed by atoms with Crippen molar-refractivity contribution in [3.63, 3.8) is 0 Å². The molecule has 0 fully saturated rings. The van der Waals surface area contributed by atoms with Crippen molar-refractivity contribution >= 4 is 56.0 Å². The summed E-state index contributed by atoms with van der Waals surface area (Å²) in [7, 11) is 0. The maximum absolute atomic E-state index is 2.26. The standard InChI is InChI=1S/2C24H20B.C11H12N2/c2*1-5-13-21(14-6-1)25(22-15-7-2-8-16-22,23-17-9-3-10-18-23)24-19-11-4-12-20-24;1-3-7-12(8-4-1)11-13-9-5-2-6-10-13/h2*1-20H;1-10H,11H2/q2*-1;+2. The highest BCUT2D eigenvalue weighted by atomic mass is 15.1. The van der Waals surface area contributed by atoms with Crippen molar-refractivity contribution in [1.29, 1.82) is 0 Å². The summed E-state index contributed by atoms with van der Waals surface area (Å²) >= 11 is 0. The van der Waals surface area contributed by atoms with E-state index in [1.54, 1.807) is 0 Å². The zero-order valence-corrected chi connectivity index (χ0v) is 35.6. The van der Waals surface area contributed by atoms with Crippen LogP contribution in [0, 0.1) is 0 Å². The molecule has 0 aliphatic carbocycles. The predicted octanol–water partition coefficient (Wildman–Crippen LogP) is 6.90. The lowest BCUT2D eigenvalue weighted by Gasteiger charge is -2.44. The lowest BCUT2D eigenvalue weighted by atomic mass is 9.13. The number of rotatable bonds is 10. The van der Waals surface area contributed by atoms with Gasteiger partial charge in [-0.25, -0.2) is 0 Å². The van der Waals surface area contributed by atoms with Crippen LogP contribution in [0.1, 0.15) is 0 Å². The number of hydrogen-bond donors (Lipinski definition) is 0. The Bertz CT molecular complexity index is 2280. The van der Waals surface area contributed by atoms with Crippen molar-refractivity contribution in [3.8, 4) is 0 Å². The molecule has 0 unspecified atom stereocenters. The normalized spacial score (nSPS) is 10.9. The summed E-state index contributed by atoms with van der Waals surface area (Å²) in [4.78, 5) is 0. The highest BCUT2D eigenvalue weighted by Crippen LogP contribution is 2.11. The molecule has 0 N–H and O–H groups in total. The second-order valence-corrected chi connectivity index (χ2v) is 15.9. The van der Waals surface area contributed by atoms with Gasteiger partial charge in [-0.3, -0.25) is 0 Å². The molecular weight excluding hydrogens is 758 g/mol. The van der Waals surface area contributed by atoms with E-state index >= 15 is 0 Å². The molecule has 0 aliphatic heterocycles. The summed E-state index contributed by atoms with van der Waals surface area (Å²) < 4.78 is 4.25. The minimum Gasteiger partial charge on any atom is -0.195 e. The summed E-state index contributed by atoms with van der Waals surface area (Å²) in [6, 6.07) is 99.2. The van der Waals surface area contributed by atoms with Gasteiger partial charge in [0.1, 0.15) is 12.3 Å². The second-order valence-electron chi connectivity index (χ2n) is 15.9. The molecule has 10 rings (SSSR count). The minimum atomic E-state index is -1.22. The Balaban J connectivity index is 0.000000136. The first kappa shape index (κ1) is 41.9. The minimum absolute atomic E-state index is 0.863. The van der Waals surface area contributed by atoms with Crippen molar-refractivity contribution in [2.75, 3.05) is 0 Å². The Morgan fingerprint density at radius 2 is 0.333 bits per heavy atom. The molecule has 2 heterocycles. The smallest absolute Gasteiger partial charge is 0.195 e. The van der Waals surface area contributed by atoms with E-state index in [0.29, 0.717) is 0 Å². The molecule has 0 radical (unpaired) electrons. The van der Waals surface area contributed by atoms with Crippen LogP contribution in [0.4, 0.5) is 0 Å². The van der Waals surface area contributed by atoms with E-state index in [-0.39, 0.29) is 0 Å². The zero-order valence-electron chi connectivity index (χ0n) is 35.6. The molecule has 304 valence electrons. The Morgan fingerprint density at radius 3 is 0.492 bits per heavy atom. The van der Waals surface area contributed by atoms with Gasteiger partial charge in [0.15, 0.2) is 24.8 Å². The van der Waals surface area contributed by atoms with Crippen LogP contribution >= 0.6 is 0 Å². The van der Waals surface area contributed by atoms with Crippen LogP contribution in [0.3, 0.4) is 0 Å². The Labute approximate surface area is 373 Å². The highest BCUT2D eigenvalue weighted by Gasteiger charge is 2.32. The highest BCUT2D eigenvalue weighted by molar-refractivity contribution is 7.20. The first-order valence-corrected chi connectivity index (χ1v) is 21.9. The average molecular weight is 811 g/mol. The molecule has 8 aromatic carbocycles. The molecule has 0 atom stereocenters. The predicted molar refractivity (Wildman–Crippen MR) is 269 cm³/mol. The first-order valence-electron chi connectivity index (χ1n) is 21.9. The fraction of sp³-hybridized carbons (Fsp3) is 0.0169. The second kappa shape index (κ2) is 21.1. The average Bonchev–Trinajstić information content (AvgIpc) is 3.38. The topological polar surface area (TPSA) is 7.76 Å². The van der Waals surface area contributed by atoms with Crippen LogP contribution in [-0.4, -0.2) is 12.3 Å². The Hall–Kier alpha value is -7.81. The third-order valence-electron chi connectivity index (χ3n) is 12.3. The molecule has 63 heavy (non-hydrogen) atoms. The molecule has 2 nitrogen and oxygen atoms in total. The molecule has 2 aromatic heterocycles. The van der Waals surface area contributed by atoms with Gasteiger partial charge in [-0.15, -0.1) is 9.13 Å². The van der Waals surface area contributed by atoms with Gasteiger partial charge in [-0.05, 0) is 0 Å². The molecule has 10 aromatic rings. The van der Waals surface area contributed by atoms with Gasteiger partial charge < -0.3 is 0 Å². The van der Waals surface area contributed by atoms with Crippen LogP contribution < -0.4 is 52.8 Å². The quantitative estimate of drug-likeness (QED) is 0.105. The maximum atomic E-state index is 2.26. The van der Waals surface area contributed by atoms with Crippen molar-refractivity contribution in [1.82, 2.24) is 0 Å². The van der Waals surface area contributed by atoms with Crippen LogP contribution in [-0.2, 0) is 6.67 Å². The fourth-order valence-electron chi connectivity index (χ4n) is 9.49. The number of nitrogens with zero attached hydrogens (tertiary/aromatic N) is 2. The van der Waals surface area contributed by atoms with Crippen molar-refractivity contribution in [2.24, 2.45) is 0 Å². The summed E-state index contributed by atoms with van der Waals surface area (Å²) in [6.45, 7) is 0.863.